The monoisotopic (exact) mass is 369 g/mol. The number of hydrogen-bond donors (Lipinski definition) is 0. The van der Waals surface area contributed by atoms with E-state index in [1.165, 1.54) is 16.4 Å². The van der Waals surface area contributed by atoms with Crippen LogP contribution in [0.2, 0.25) is 0 Å². The fraction of sp³-hybridized carbons (Fsp3) is 0.611. The molecule has 2 aliphatic rings. The normalized spacial score (nSPS) is 29.1. The number of hydrogen-bond acceptors (Lipinski definition) is 4. The predicted octanol–water partition coefficient (Wildman–Crippen LogP) is 3.02. The van der Waals surface area contributed by atoms with Gasteiger partial charge >= 0.3 is 5.97 Å². The van der Waals surface area contributed by atoms with Crippen LogP contribution in [0.1, 0.15) is 45.1 Å². The summed E-state index contributed by atoms with van der Waals surface area (Å²) in [4.78, 5) is 12.7. The minimum Gasteiger partial charge on any atom is -0.466 e. The van der Waals surface area contributed by atoms with E-state index in [-0.39, 0.29) is 23.5 Å². The number of aryl methyl sites for hydroxylation is 1. The summed E-state index contributed by atoms with van der Waals surface area (Å²) in [5.74, 6) is -0.768. The van der Waals surface area contributed by atoms with Crippen molar-refractivity contribution in [2.75, 3.05) is 6.61 Å². The van der Waals surface area contributed by atoms with Crippen molar-refractivity contribution in [2.45, 2.75) is 63.4 Å². The van der Waals surface area contributed by atoms with E-state index in [0.717, 1.165) is 12.5 Å². The Morgan fingerprint density at radius 2 is 2.08 bits per heavy atom. The first-order chi connectivity index (χ1) is 11.8. The molecule has 7 heteroatoms. The van der Waals surface area contributed by atoms with Gasteiger partial charge in [-0.1, -0.05) is 6.92 Å². The first kappa shape index (κ1) is 18.3. The Bertz CT molecular complexity index is 794. The summed E-state index contributed by atoms with van der Waals surface area (Å²) in [5.41, 5.74) is -0.399. The van der Waals surface area contributed by atoms with Gasteiger partial charge in [0.15, 0.2) is 0 Å². The summed E-state index contributed by atoms with van der Waals surface area (Å²) in [7, 11) is -3.79. The molecule has 2 saturated heterocycles. The van der Waals surface area contributed by atoms with Crippen LogP contribution < -0.4 is 0 Å². The van der Waals surface area contributed by atoms with Gasteiger partial charge in [-0.3, -0.25) is 4.79 Å². The van der Waals surface area contributed by atoms with Crippen molar-refractivity contribution in [3.05, 3.63) is 29.6 Å². The lowest BCUT2D eigenvalue weighted by Gasteiger charge is -2.34. The first-order valence-electron chi connectivity index (χ1n) is 8.75. The lowest BCUT2D eigenvalue weighted by molar-refractivity contribution is -0.157. The largest absolute Gasteiger partial charge is 0.466 e. The molecule has 2 fully saturated rings. The summed E-state index contributed by atoms with van der Waals surface area (Å²) in [6, 6.07) is 3.11. The molecule has 25 heavy (non-hydrogen) atoms. The number of sulfonamides is 1. The van der Waals surface area contributed by atoms with Gasteiger partial charge in [-0.25, -0.2) is 12.8 Å². The van der Waals surface area contributed by atoms with Crippen LogP contribution in [0.25, 0.3) is 0 Å². The second-order valence-corrected chi connectivity index (χ2v) is 8.74. The molecule has 138 valence electrons. The summed E-state index contributed by atoms with van der Waals surface area (Å²) >= 11 is 0. The lowest BCUT2D eigenvalue weighted by Crippen LogP contribution is -2.45. The maximum absolute atomic E-state index is 13.4. The van der Waals surface area contributed by atoms with E-state index in [4.69, 9.17) is 4.74 Å². The third kappa shape index (κ3) is 2.68. The highest BCUT2D eigenvalue weighted by atomic mass is 32.2. The van der Waals surface area contributed by atoms with Crippen LogP contribution in [-0.4, -0.2) is 37.4 Å². The number of carbonyl (C=O) groups is 1. The zero-order valence-electron chi connectivity index (χ0n) is 14.8. The molecule has 0 amide bonds. The van der Waals surface area contributed by atoms with Gasteiger partial charge in [-0.15, -0.1) is 0 Å². The Kier molecular flexibility index (Phi) is 4.66. The maximum Gasteiger partial charge on any atom is 0.313 e. The van der Waals surface area contributed by atoms with Crippen molar-refractivity contribution >= 4 is 16.0 Å². The zero-order chi connectivity index (χ0) is 18.4. The summed E-state index contributed by atoms with van der Waals surface area (Å²) in [6.45, 7) is 5.53. The van der Waals surface area contributed by atoms with E-state index in [1.807, 2.05) is 6.92 Å². The van der Waals surface area contributed by atoms with Gasteiger partial charge in [-0.2, -0.15) is 4.31 Å². The molecule has 0 saturated carbocycles. The number of nitrogens with zero attached hydrogens (tertiary/aromatic N) is 1. The summed E-state index contributed by atoms with van der Waals surface area (Å²) in [6.07, 6.45) is 2.43. The van der Waals surface area contributed by atoms with Crippen LogP contribution in [0, 0.1) is 18.2 Å². The second-order valence-electron chi connectivity index (χ2n) is 6.93. The van der Waals surface area contributed by atoms with Crippen molar-refractivity contribution < 1.29 is 22.3 Å². The summed E-state index contributed by atoms with van der Waals surface area (Å²) < 4.78 is 46.7. The van der Waals surface area contributed by atoms with Gasteiger partial charge in [0.2, 0.25) is 10.0 Å². The Hall–Kier alpha value is -1.47. The maximum atomic E-state index is 13.4. The quantitative estimate of drug-likeness (QED) is 0.749. The molecule has 0 spiro atoms. The van der Waals surface area contributed by atoms with Crippen LogP contribution in [0.3, 0.4) is 0 Å². The lowest BCUT2D eigenvalue weighted by atomic mass is 9.72. The number of benzene rings is 1. The van der Waals surface area contributed by atoms with E-state index in [0.29, 0.717) is 24.8 Å². The van der Waals surface area contributed by atoms with Crippen LogP contribution in [0.5, 0.6) is 0 Å². The smallest absolute Gasteiger partial charge is 0.313 e. The number of rotatable bonds is 5. The topological polar surface area (TPSA) is 63.7 Å². The molecule has 0 unspecified atom stereocenters. The van der Waals surface area contributed by atoms with E-state index in [2.05, 4.69) is 0 Å². The fourth-order valence-corrected chi connectivity index (χ4v) is 6.67. The minimum absolute atomic E-state index is 0.113. The second kappa shape index (κ2) is 6.36. The molecule has 2 aliphatic heterocycles. The van der Waals surface area contributed by atoms with Gasteiger partial charge in [0.25, 0.3) is 0 Å². The molecule has 3 rings (SSSR count). The van der Waals surface area contributed by atoms with Crippen LogP contribution in [-0.2, 0) is 19.6 Å². The van der Waals surface area contributed by atoms with Crippen molar-refractivity contribution in [3.8, 4) is 0 Å². The van der Waals surface area contributed by atoms with E-state index in [9.17, 15) is 17.6 Å². The Morgan fingerprint density at radius 3 is 2.68 bits per heavy atom. The van der Waals surface area contributed by atoms with Gasteiger partial charge in [-0.05, 0) is 63.3 Å². The van der Waals surface area contributed by atoms with Crippen LogP contribution in [0.15, 0.2) is 23.1 Å². The number of halogens is 1. The zero-order valence-corrected chi connectivity index (χ0v) is 15.6. The number of carbonyl (C=O) groups excluding carboxylic acids is 1. The Morgan fingerprint density at radius 1 is 1.36 bits per heavy atom. The minimum atomic E-state index is -3.79. The molecule has 2 bridgehead atoms. The molecule has 3 atom stereocenters. The number of fused-ring (bicyclic) bond motifs is 2. The summed E-state index contributed by atoms with van der Waals surface area (Å²) in [5, 5.41) is 0. The highest BCUT2D eigenvalue weighted by molar-refractivity contribution is 7.89. The molecular weight excluding hydrogens is 345 g/mol. The third-order valence-corrected chi connectivity index (χ3v) is 7.81. The molecule has 0 aromatic heterocycles. The molecule has 0 aliphatic carbocycles. The number of ether oxygens (including phenoxy) is 1. The van der Waals surface area contributed by atoms with Gasteiger partial charge in [0.05, 0.1) is 16.9 Å². The van der Waals surface area contributed by atoms with Crippen LogP contribution >= 0.6 is 0 Å². The van der Waals surface area contributed by atoms with Gasteiger partial charge < -0.3 is 4.74 Å². The predicted molar refractivity (Wildman–Crippen MR) is 90.9 cm³/mol. The average molecular weight is 369 g/mol. The fourth-order valence-electron chi connectivity index (χ4n) is 4.53. The van der Waals surface area contributed by atoms with Crippen LogP contribution in [0.4, 0.5) is 4.39 Å². The molecule has 1 aromatic rings. The highest BCUT2D eigenvalue weighted by Crippen LogP contribution is 2.54. The van der Waals surface area contributed by atoms with E-state index < -0.39 is 27.3 Å². The third-order valence-electron chi connectivity index (χ3n) is 5.68. The molecule has 0 N–H and O–H groups in total. The highest BCUT2D eigenvalue weighted by Gasteiger charge is 2.63. The van der Waals surface area contributed by atoms with Gasteiger partial charge in [0, 0.05) is 12.1 Å². The molecular formula is C18H24FNO4S. The standard InChI is InChI=1S/C18H24FNO4S/c1-4-18(17(21)24-5-2)11-14-7-9-16(18)20(14)25(22,23)15-8-6-13(19)10-12(15)3/h6,8,10,14,16H,4-5,7,9,11H2,1-3H3/t14-,16+,18+/m0/s1. The van der Waals surface area contributed by atoms with E-state index in [1.54, 1.807) is 13.8 Å². The first-order valence-corrected chi connectivity index (χ1v) is 10.2. The van der Waals surface area contributed by atoms with Crippen molar-refractivity contribution in [1.82, 2.24) is 4.31 Å². The molecule has 0 radical (unpaired) electrons. The molecule has 1 aromatic carbocycles. The Labute approximate surface area is 148 Å². The van der Waals surface area contributed by atoms with E-state index >= 15 is 0 Å². The van der Waals surface area contributed by atoms with Crippen molar-refractivity contribution in [3.63, 3.8) is 0 Å². The Balaban J connectivity index is 2.02. The van der Waals surface area contributed by atoms with Crippen molar-refractivity contribution in [1.29, 1.82) is 0 Å². The number of esters is 1. The SMILES string of the molecule is CCOC(=O)[C@]1(CC)C[C@@H]2CC[C@H]1N2S(=O)(=O)c1ccc(F)cc1C. The molecule has 2 heterocycles. The average Bonchev–Trinajstić information content (AvgIpc) is 3.11. The van der Waals surface area contributed by atoms with Crippen molar-refractivity contribution in [2.24, 2.45) is 5.41 Å². The van der Waals surface area contributed by atoms with Gasteiger partial charge in [0.1, 0.15) is 5.82 Å². The molecule has 5 nitrogen and oxygen atoms in total.